The summed E-state index contributed by atoms with van der Waals surface area (Å²) in [5.41, 5.74) is 5.76. The Morgan fingerprint density at radius 3 is 2.10 bits per heavy atom. The number of hydrogen-bond donors (Lipinski definition) is 3. The van der Waals surface area contributed by atoms with E-state index in [4.69, 9.17) is 10.3 Å². The van der Waals surface area contributed by atoms with Crippen LogP contribution < -0.4 is 11.1 Å². The molecular formula is C12H26N2O5S. The molecule has 7 nitrogen and oxygen atoms in total. The molecule has 0 aromatic heterocycles. The molecule has 0 radical (unpaired) electrons. The molecule has 4 N–H and O–H groups in total. The highest BCUT2D eigenvalue weighted by Gasteiger charge is 2.12. The van der Waals surface area contributed by atoms with Crippen LogP contribution in [0.4, 0.5) is 0 Å². The van der Waals surface area contributed by atoms with E-state index >= 15 is 0 Å². The standard InChI is InChI=1S/C10H20N2O.C2H6O4S/c1-7(9(11)13)6-8(2)12-10(3,4)5;1-2-6-7(3,4)5/h6,8,12H,1-5H3,(H2,11,13);2H2,1H3,(H,3,4,5). The quantitative estimate of drug-likeness (QED) is 0.515. The minimum absolute atomic E-state index is 0.0289. The first-order chi connectivity index (χ1) is 8.78. The smallest absolute Gasteiger partial charge is 0.366 e. The number of amides is 1. The van der Waals surface area contributed by atoms with Gasteiger partial charge in [-0.25, -0.2) is 4.18 Å². The molecule has 0 spiro atoms. The highest BCUT2D eigenvalue weighted by Crippen LogP contribution is 2.03. The van der Waals surface area contributed by atoms with E-state index in [1.165, 1.54) is 6.92 Å². The molecular weight excluding hydrogens is 284 g/mol. The monoisotopic (exact) mass is 310 g/mol. The van der Waals surface area contributed by atoms with Gasteiger partial charge in [0.25, 0.3) is 0 Å². The van der Waals surface area contributed by atoms with E-state index in [-0.39, 0.29) is 24.1 Å². The van der Waals surface area contributed by atoms with Crippen LogP contribution in [0.25, 0.3) is 0 Å². The third-order valence-electron chi connectivity index (χ3n) is 1.82. The van der Waals surface area contributed by atoms with Gasteiger partial charge in [-0.15, -0.1) is 0 Å². The number of hydrogen-bond acceptors (Lipinski definition) is 5. The Morgan fingerprint density at radius 1 is 1.45 bits per heavy atom. The summed E-state index contributed by atoms with van der Waals surface area (Å²) < 4.78 is 30.7. The number of nitrogens with two attached hydrogens (primary N) is 1. The number of carbonyl (C=O) groups excluding carboxylic acids is 1. The van der Waals surface area contributed by atoms with Crippen LogP contribution in [-0.2, 0) is 19.4 Å². The maximum atomic E-state index is 10.7. The Labute approximate surface area is 121 Å². The van der Waals surface area contributed by atoms with Crippen LogP contribution in [0.5, 0.6) is 0 Å². The fourth-order valence-corrected chi connectivity index (χ4v) is 1.63. The number of primary amides is 1. The van der Waals surface area contributed by atoms with Gasteiger partial charge in [0.15, 0.2) is 0 Å². The SMILES string of the molecule is CC(=CC(C)NC(C)(C)C)C(N)=O.CCOS(=O)(=O)O. The lowest BCUT2D eigenvalue weighted by Gasteiger charge is -2.24. The summed E-state index contributed by atoms with van der Waals surface area (Å²) in [6.45, 7) is 11.4. The average Bonchev–Trinajstić information content (AvgIpc) is 2.12. The molecule has 0 fully saturated rings. The van der Waals surface area contributed by atoms with E-state index in [1.54, 1.807) is 6.92 Å². The number of rotatable bonds is 5. The summed E-state index contributed by atoms with van der Waals surface area (Å²) in [7, 11) is -4.17. The van der Waals surface area contributed by atoms with Gasteiger partial charge in [-0.05, 0) is 41.5 Å². The summed E-state index contributed by atoms with van der Waals surface area (Å²) in [5.74, 6) is -0.359. The first-order valence-electron chi connectivity index (χ1n) is 6.16. The molecule has 8 heteroatoms. The van der Waals surface area contributed by atoms with Crippen LogP contribution in [0.2, 0.25) is 0 Å². The number of carbonyl (C=O) groups is 1. The fraction of sp³-hybridized carbons (Fsp3) is 0.750. The summed E-state index contributed by atoms with van der Waals surface area (Å²) in [5, 5.41) is 3.32. The summed E-state index contributed by atoms with van der Waals surface area (Å²) in [4.78, 5) is 10.7. The van der Waals surface area contributed by atoms with Gasteiger partial charge in [0.2, 0.25) is 5.91 Å². The Hall–Kier alpha value is -0.960. The van der Waals surface area contributed by atoms with Crippen molar-refractivity contribution in [2.24, 2.45) is 5.73 Å². The molecule has 0 bridgehead atoms. The van der Waals surface area contributed by atoms with Crippen molar-refractivity contribution in [1.82, 2.24) is 5.32 Å². The van der Waals surface area contributed by atoms with Gasteiger partial charge in [0.05, 0.1) is 6.61 Å². The van der Waals surface area contributed by atoms with Crippen molar-refractivity contribution in [2.45, 2.75) is 53.1 Å². The van der Waals surface area contributed by atoms with Gasteiger partial charge >= 0.3 is 10.4 Å². The molecule has 20 heavy (non-hydrogen) atoms. The fourth-order valence-electron chi connectivity index (χ4n) is 1.33. The van der Waals surface area contributed by atoms with E-state index in [0.29, 0.717) is 5.57 Å². The molecule has 0 aliphatic heterocycles. The molecule has 0 heterocycles. The molecule has 0 saturated heterocycles. The molecule has 120 valence electrons. The molecule has 0 aliphatic carbocycles. The van der Waals surface area contributed by atoms with Gasteiger partial charge in [-0.1, -0.05) is 6.08 Å². The van der Waals surface area contributed by atoms with E-state index in [2.05, 4.69) is 30.3 Å². The lowest BCUT2D eigenvalue weighted by Crippen LogP contribution is -2.41. The first kappa shape index (κ1) is 21.3. The molecule has 1 unspecified atom stereocenters. The van der Waals surface area contributed by atoms with Crippen molar-refractivity contribution in [3.63, 3.8) is 0 Å². The third-order valence-corrected chi connectivity index (χ3v) is 2.35. The van der Waals surface area contributed by atoms with Gasteiger partial charge in [-0.2, -0.15) is 8.42 Å². The van der Waals surface area contributed by atoms with Crippen LogP contribution >= 0.6 is 0 Å². The van der Waals surface area contributed by atoms with Crippen LogP contribution in [0.1, 0.15) is 41.5 Å². The largest absolute Gasteiger partial charge is 0.397 e. The van der Waals surface area contributed by atoms with E-state index in [9.17, 15) is 13.2 Å². The van der Waals surface area contributed by atoms with Gasteiger partial charge < -0.3 is 11.1 Å². The molecule has 0 aromatic carbocycles. The second-order valence-corrected chi connectivity index (χ2v) is 6.32. The molecule has 1 amide bonds. The second kappa shape index (κ2) is 9.06. The van der Waals surface area contributed by atoms with Crippen molar-refractivity contribution in [2.75, 3.05) is 6.61 Å². The van der Waals surface area contributed by atoms with Gasteiger partial charge in [0.1, 0.15) is 0 Å². The molecule has 0 aliphatic rings. The van der Waals surface area contributed by atoms with Crippen LogP contribution in [0.3, 0.4) is 0 Å². The molecule has 0 aromatic rings. The minimum Gasteiger partial charge on any atom is -0.366 e. The zero-order chi connectivity index (χ0) is 16.6. The van der Waals surface area contributed by atoms with Gasteiger partial charge in [-0.3, -0.25) is 9.35 Å². The highest BCUT2D eigenvalue weighted by molar-refractivity contribution is 7.80. The van der Waals surface area contributed by atoms with E-state index < -0.39 is 10.4 Å². The Kier molecular flexibility index (Phi) is 9.67. The van der Waals surface area contributed by atoms with E-state index in [0.717, 1.165) is 0 Å². The normalized spacial score (nSPS) is 14.2. The summed E-state index contributed by atoms with van der Waals surface area (Å²) in [6, 6.07) is 0.160. The summed E-state index contributed by atoms with van der Waals surface area (Å²) >= 11 is 0. The predicted octanol–water partition coefficient (Wildman–Crippen LogP) is 1.02. The van der Waals surface area contributed by atoms with Crippen molar-refractivity contribution in [3.8, 4) is 0 Å². The van der Waals surface area contributed by atoms with Crippen LogP contribution in [-0.4, -0.2) is 37.1 Å². The lowest BCUT2D eigenvalue weighted by molar-refractivity contribution is -0.114. The molecule has 0 saturated carbocycles. The molecule has 1 atom stereocenters. The zero-order valence-electron chi connectivity index (χ0n) is 12.9. The molecule has 0 rings (SSSR count). The average molecular weight is 310 g/mol. The first-order valence-corrected chi connectivity index (χ1v) is 7.52. The Bertz CT molecular complexity index is 424. The van der Waals surface area contributed by atoms with Crippen LogP contribution in [0.15, 0.2) is 11.6 Å². The van der Waals surface area contributed by atoms with Crippen molar-refractivity contribution < 1.29 is 21.9 Å². The highest BCUT2D eigenvalue weighted by atomic mass is 32.3. The Morgan fingerprint density at radius 2 is 1.90 bits per heavy atom. The van der Waals surface area contributed by atoms with Crippen molar-refractivity contribution in [3.05, 3.63) is 11.6 Å². The minimum atomic E-state index is -4.17. The third kappa shape index (κ3) is 17.0. The maximum absolute atomic E-state index is 10.7. The van der Waals surface area contributed by atoms with E-state index in [1.807, 2.05) is 13.0 Å². The van der Waals surface area contributed by atoms with Crippen molar-refractivity contribution >= 4 is 16.3 Å². The number of nitrogens with one attached hydrogen (secondary N) is 1. The predicted molar refractivity (Wildman–Crippen MR) is 78.5 cm³/mol. The van der Waals surface area contributed by atoms with Crippen LogP contribution in [0, 0.1) is 0 Å². The second-order valence-electron chi connectivity index (χ2n) is 5.23. The topological polar surface area (TPSA) is 119 Å². The lowest BCUT2D eigenvalue weighted by atomic mass is 10.1. The zero-order valence-corrected chi connectivity index (χ0v) is 13.7. The van der Waals surface area contributed by atoms with Crippen molar-refractivity contribution in [1.29, 1.82) is 0 Å². The maximum Gasteiger partial charge on any atom is 0.397 e. The summed E-state index contributed by atoms with van der Waals surface area (Å²) in [6.07, 6.45) is 1.84. The Balaban J connectivity index is 0. The van der Waals surface area contributed by atoms with Gasteiger partial charge in [0, 0.05) is 17.2 Å².